The van der Waals surface area contributed by atoms with E-state index in [2.05, 4.69) is 15.5 Å². The van der Waals surface area contributed by atoms with Crippen molar-refractivity contribution in [1.29, 1.82) is 0 Å². The van der Waals surface area contributed by atoms with E-state index in [-0.39, 0.29) is 5.91 Å². The fourth-order valence-corrected chi connectivity index (χ4v) is 4.54. The van der Waals surface area contributed by atoms with Crippen molar-refractivity contribution in [3.8, 4) is 5.75 Å². The standard InChI is InChI=1S/C18H16ClN3O2S2/c1-11-21-22-18(25-11)26-16(12-6-4-3-5-7-12)17(23)20-13-8-9-15(24-2)14(19)10-13/h3-10,16H,1-2H3,(H,20,23)/t16-/m0/s1. The van der Waals surface area contributed by atoms with E-state index in [1.807, 2.05) is 37.3 Å². The summed E-state index contributed by atoms with van der Waals surface area (Å²) in [7, 11) is 1.55. The first kappa shape index (κ1) is 18.7. The predicted octanol–water partition coefficient (Wildman–Crippen LogP) is 4.98. The van der Waals surface area contributed by atoms with Gasteiger partial charge in [0.25, 0.3) is 0 Å². The maximum absolute atomic E-state index is 12.9. The number of hydrogen-bond donors (Lipinski definition) is 1. The zero-order chi connectivity index (χ0) is 18.5. The number of carbonyl (C=O) groups excluding carboxylic acids is 1. The van der Waals surface area contributed by atoms with Crippen LogP contribution in [-0.4, -0.2) is 23.2 Å². The van der Waals surface area contributed by atoms with Gasteiger partial charge in [-0.15, -0.1) is 10.2 Å². The van der Waals surface area contributed by atoms with E-state index >= 15 is 0 Å². The number of thioether (sulfide) groups is 1. The average molecular weight is 406 g/mol. The van der Waals surface area contributed by atoms with Crippen LogP contribution in [-0.2, 0) is 4.79 Å². The predicted molar refractivity (Wildman–Crippen MR) is 106 cm³/mol. The molecule has 3 rings (SSSR count). The molecule has 1 amide bonds. The number of benzene rings is 2. The molecule has 26 heavy (non-hydrogen) atoms. The third-order valence-corrected chi connectivity index (χ3v) is 5.96. The molecule has 134 valence electrons. The molecule has 8 heteroatoms. The van der Waals surface area contributed by atoms with Crippen molar-refractivity contribution < 1.29 is 9.53 Å². The van der Waals surface area contributed by atoms with Gasteiger partial charge < -0.3 is 10.1 Å². The van der Waals surface area contributed by atoms with Crippen molar-refractivity contribution in [1.82, 2.24) is 10.2 Å². The minimum absolute atomic E-state index is 0.157. The van der Waals surface area contributed by atoms with Gasteiger partial charge >= 0.3 is 0 Å². The van der Waals surface area contributed by atoms with E-state index in [0.29, 0.717) is 16.5 Å². The number of halogens is 1. The Kier molecular flexibility index (Phi) is 6.13. The molecule has 1 N–H and O–H groups in total. The maximum Gasteiger partial charge on any atom is 0.242 e. The van der Waals surface area contributed by atoms with Crippen molar-refractivity contribution >= 4 is 46.3 Å². The normalized spacial score (nSPS) is 11.8. The van der Waals surface area contributed by atoms with Crippen LogP contribution in [0.4, 0.5) is 5.69 Å². The summed E-state index contributed by atoms with van der Waals surface area (Å²) in [6.45, 7) is 1.89. The van der Waals surface area contributed by atoms with Gasteiger partial charge in [0.05, 0.1) is 12.1 Å². The summed E-state index contributed by atoms with van der Waals surface area (Å²) in [4.78, 5) is 12.9. The van der Waals surface area contributed by atoms with E-state index in [4.69, 9.17) is 16.3 Å². The van der Waals surface area contributed by atoms with Gasteiger partial charge in [0.15, 0.2) is 4.34 Å². The number of aryl methyl sites for hydroxylation is 1. The Labute approximate surface area is 164 Å². The monoisotopic (exact) mass is 405 g/mol. The third kappa shape index (κ3) is 4.55. The number of carbonyl (C=O) groups is 1. The third-order valence-electron chi connectivity index (χ3n) is 3.49. The number of nitrogens with zero attached hydrogens (tertiary/aromatic N) is 2. The summed E-state index contributed by atoms with van der Waals surface area (Å²) in [5.41, 5.74) is 1.50. The summed E-state index contributed by atoms with van der Waals surface area (Å²) in [5.74, 6) is 0.401. The smallest absolute Gasteiger partial charge is 0.242 e. The molecule has 1 aromatic heterocycles. The van der Waals surface area contributed by atoms with Crippen LogP contribution in [0.1, 0.15) is 15.8 Å². The lowest BCUT2D eigenvalue weighted by Gasteiger charge is -2.16. The fourth-order valence-electron chi connectivity index (χ4n) is 2.28. The number of hydrogen-bond acceptors (Lipinski definition) is 6. The van der Waals surface area contributed by atoms with Crippen LogP contribution in [0.25, 0.3) is 0 Å². The number of ether oxygens (including phenoxy) is 1. The molecule has 0 saturated heterocycles. The van der Waals surface area contributed by atoms with E-state index in [0.717, 1.165) is 14.9 Å². The molecule has 0 aliphatic rings. The quantitative estimate of drug-likeness (QED) is 0.586. The first-order valence-electron chi connectivity index (χ1n) is 7.73. The van der Waals surface area contributed by atoms with Gasteiger partial charge in [-0.25, -0.2) is 0 Å². The molecular weight excluding hydrogens is 390 g/mol. The first-order valence-corrected chi connectivity index (χ1v) is 9.80. The highest BCUT2D eigenvalue weighted by Crippen LogP contribution is 2.38. The Morgan fingerprint density at radius 1 is 1.23 bits per heavy atom. The van der Waals surface area contributed by atoms with E-state index in [1.165, 1.54) is 23.1 Å². The van der Waals surface area contributed by atoms with Crippen LogP contribution in [0.3, 0.4) is 0 Å². The Morgan fingerprint density at radius 2 is 2.00 bits per heavy atom. The number of amides is 1. The van der Waals surface area contributed by atoms with Crippen LogP contribution >= 0.6 is 34.7 Å². The molecule has 0 bridgehead atoms. The van der Waals surface area contributed by atoms with Gasteiger partial charge in [0.2, 0.25) is 5.91 Å². The summed E-state index contributed by atoms with van der Waals surface area (Å²) >= 11 is 8.99. The molecule has 0 aliphatic heterocycles. The van der Waals surface area contributed by atoms with Gasteiger partial charge in [0.1, 0.15) is 16.0 Å². The lowest BCUT2D eigenvalue weighted by Crippen LogP contribution is -2.19. The van der Waals surface area contributed by atoms with Gasteiger partial charge in [-0.3, -0.25) is 4.79 Å². The second-order valence-electron chi connectivity index (χ2n) is 5.33. The van der Waals surface area contributed by atoms with Gasteiger partial charge in [-0.05, 0) is 30.7 Å². The van der Waals surface area contributed by atoms with Gasteiger partial charge in [-0.2, -0.15) is 0 Å². The zero-order valence-corrected chi connectivity index (χ0v) is 16.5. The molecule has 0 aliphatic carbocycles. The molecular formula is C18H16ClN3O2S2. The van der Waals surface area contributed by atoms with Crippen molar-refractivity contribution in [3.05, 3.63) is 64.1 Å². The largest absolute Gasteiger partial charge is 0.495 e. The van der Waals surface area contributed by atoms with Crippen LogP contribution < -0.4 is 10.1 Å². The first-order chi connectivity index (χ1) is 12.6. The van der Waals surface area contributed by atoms with E-state index in [1.54, 1.807) is 25.3 Å². The molecule has 0 radical (unpaired) electrons. The summed E-state index contributed by atoms with van der Waals surface area (Å²) in [6, 6.07) is 14.7. The topological polar surface area (TPSA) is 64.1 Å². The number of methoxy groups -OCH3 is 1. The Morgan fingerprint density at radius 3 is 2.62 bits per heavy atom. The number of aromatic nitrogens is 2. The Balaban J connectivity index is 1.83. The van der Waals surface area contributed by atoms with Crippen molar-refractivity contribution in [2.45, 2.75) is 16.5 Å². The maximum atomic E-state index is 12.9. The summed E-state index contributed by atoms with van der Waals surface area (Å²) in [6.07, 6.45) is 0. The minimum Gasteiger partial charge on any atom is -0.495 e. The lowest BCUT2D eigenvalue weighted by atomic mass is 10.1. The molecule has 0 fully saturated rings. The van der Waals surface area contributed by atoms with Crippen LogP contribution in [0, 0.1) is 6.92 Å². The highest BCUT2D eigenvalue weighted by Gasteiger charge is 2.24. The minimum atomic E-state index is -0.454. The fraction of sp³-hybridized carbons (Fsp3) is 0.167. The van der Waals surface area contributed by atoms with Crippen molar-refractivity contribution in [3.63, 3.8) is 0 Å². The summed E-state index contributed by atoms with van der Waals surface area (Å²) < 4.78 is 5.89. The number of nitrogens with one attached hydrogen (secondary N) is 1. The van der Waals surface area contributed by atoms with Gasteiger partial charge in [-0.1, -0.05) is 65.0 Å². The average Bonchev–Trinajstić information content (AvgIpc) is 3.05. The van der Waals surface area contributed by atoms with Crippen molar-refractivity contribution in [2.75, 3.05) is 12.4 Å². The zero-order valence-electron chi connectivity index (χ0n) is 14.1. The summed E-state index contributed by atoms with van der Waals surface area (Å²) in [5, 5.41) is 11.9. The van der Waals surface area contributed by atoms with Crippen LogP contribution in [0.5, 0.6) is 5.75 Å². The molecule has 0 unspecified atom stereocenters. The van der Waals surface area contributed by atoms with E-state index < -0.39 is 5.25 Å². The van der Waals surface area contributed by atoms with E-state index in [9.17, 15) is 4.79 Å². The molecule has 5 nitrogen and oxygen atoms in total. The molecule has 1 heterocycles. The molecule has 1 atom stereocenters. The number of anilines is 1. The molecule has 0 spiro atoms. The lowest BCUT2D eigenvalue weighted by molar-refractivity contribution is -0.115. The highest BCUT2D eigenvalue weighted by atomic mass is 35.5. The SMILES string of the molecule is COc1ccc(NC(=O)[C@@H](Sc2nnc(C)s2)c2ccccc2)cc1Cl. The second kappa shape index (κ2) is 8.53. The second-order valence-corrected chi connectivity index (χ2v) is 8.28. The Bertz CT molecular complexity index is 902. The highest BCUT2D eigenvalue weighted by molar-refractivity contribution is 8.01. The van der Waals surface area contributed by atoms with Crippen LogP contribution in [0.15, 0.2) is 52.9 Å². The molecule has 3 aromatic rings. The van der Waals surface area contributed by atoms with Crippen molar-refractivity contribution in [2.24, 2.45) is 0 Å². The van der Waals surface area contributed by atoms with Crippen LogP contribution in [0.2, 0.25) is 5.02 Å². The number of rotatable bonds is 6. The van der Waals surface area contributed by atoms with Gasteiger partial charge in [0, 0.05) is 5.69 Å². The molecule has 2 aromatic carbocycles. The Hall–Kier alpha value is -2.09. The molecule has 0 saturated carbocycles.